The van der Waals surface area contributed by atoms with Crippen molar-refractivity contribution in [1.29, 1.82) is 0 Å². The van der Waals surface area contributed by atoms with E-state index in [2.05, 4.69) is 39.9 Å². The van der Waals surface area contributed by atoms with Crippen LogP contribution in [0.15, 0.2) is 0 Å². The van der Waals surface area contributed by atoms with Crippen molar-refractivity contribution < 1.29 is 4.74 Å². The fourth-order valence-electron chi connectivity index (χ4n) is 3.11. The van der Waals surface area contributed by atoms with E-state index in [-0.39, 0.29) is 0 Å². The van der Waals surface area contributed by atoms with Crippen LogP contribution in [0.25, 0.3) is 0 Å². The Bertz CT molecular complexity index is 217. The highest BCUT2D eigenvalue weighted by Crippen LogP contribution is 2.35. The van der Waals surface area contributed by atoms with E-state index in [1.807, 2.05) is 0 Å². The van der Waals surface area contributed by atoms with Crippen molar-refractivity contribution in [3.05, 3.63) is 0 Å². The molecule has 0 saturated heterocycles. The van der Waals surface area contributed by atoms with Crippen molar-refractivity contribution in [1.82, 2.24) is 5.32 Å². The molecule has 0 aliphatic heterocycles. The third-order valence-electron chi connectivity index (χ3n) is 4.41. The number of ether oxygens (including phenoxy) is 1. The summed E-state index contributed by atoms with van der Waals surface area (Å²) in [4.78, 5) is 0. The van der Waals surface area contributed by atoms with Gasteiger partial charge >= 0.3 is 0 Å². The normalized spacial score (nSPS) is 30.7. The molecule has 108 valence electrons. The van der Waals surface area contributed by atoms with Gasteiger partial charge in [0.25, 0.3) is 0 Å². The molecule has 0 aromatic carbocycles. The van der Waals surface area contributed by atoms with E-state index in [1.165, 1.54) is 19.3 Å². The molecule has 2 heteroatoms. The molecule has 1 saturated carbocycles. The molecule has 0 amide bonds. The van der Waals surface area contributed by atoms with Crippen molar-refractivity contribution in [3.63, 3.8) is 0 Å². The van der Waals surface area contributed by atoms with Crippen molar-refractivity contribution in [3.8, 4) is 0 Å². The largest absolute Gasteiger partial charge is 0.373 e. The molecule has 2 nitrogen and oxygen atoms in total. The third kappa shape index (κ3) is 4.89. The summed E-state index contributed by atoms with van der Waals surface area (Å²) in [7, 11) is 0. The smallest absolute Gasteiger partial charge is 0.0700 e. The summed E-state index contributed by atoms with van der Waals surface area (Å²) >= 11 is 0. The molecule has 18 heavy (non-hydrogen) atoms. The summed E-state index contributed by atoms with van der Waals surface area (Å²) in [5.74, 6) is 2.35. The molecule has 0 radical (unpaired) electrons. The Morgan fingerprint density at radius 3 is 2.50 bits per heavy atom. The molecule has 1 aliphatic rings. The standard InChI is InChI=1S/C16H33NO/c1-6-14(11-17-7-2)18-16-10-13(5)8-9-15(16)12(3)4/h12-17H,6-11H2,1-5H3. The fourth-order valence-corrected chi connectivity index (χ4v) is 3.11. The minimum Gasteiger partial charge on any atom is -0.373 e. The highest BCUT2D eigenvalue weighted by Gasteiger charge is 2.32. The first-order chi connectivity index (χ1) is 8.58. The Labute approximate surface area is 114 Å². The van der Waals surface area contributed by atoms with Gasteiger partial charge in [0.2, 0.25) is 0 Å². The lowest BCUT2D eigenvalue weighted by Gasteiger charge is -2.39. The SMILES string of the molecule is CCNCC(CC)OC1CC(C)CCC1C(C)C. The Hall–Kier alpha value is -0.0800. The highest BCUT2D eigenvalue weighted by atomic mass is 16.5. The van der Waals surface area contributed by atoms with Crippen molar-refractivity contribution in [2.24, 2.45) is 17.8 Å². The van der Waals surface area contributed by atoms with Crippen LogP contribution in [-0.2, 0) is 4.74 Å². The Balaban J connectivity index is 2.52. The van der Waals surface area contributed by atoms with E-state index in [1.54, 1.807) is 0 Å². The Morgan fingerprint density at radius 2 is 1.94 bits per heavy atom. The van der Waals surface area contributed by atoms with E-state index < -0.39 is 0 Å². The minimum atomic E-state index is 0.390. The van der Waals surface area contributed by atoms with Gasteiger partial charge in [-0.05, 0) is 43.6 Å². The Kier molecular flexibility index (Phi) is 7.25. The van der Waals surface area contributed by atoms with E-state index in [0.29, 0.717) is 12.2 Å². The second kappa shape index (κ2) is 8.16. The molecule has 4 unspecified atom stereocenters. The minimum absolute atomic E-state index is 0.390. The van der Waals surface area contributed by atoms with Crippen molar-refractivity contribution in [2.75, 3.05) is 13.1 Å². The average Bonchev–Trinajstić information content (AvgIpc) is 2.34. The predicted molar refractivity (Wildman–Crippen MR) is 78.8 cm³/mol. The van der Waals surface area contributed by atoms with Gasteiger partial charge in [-0.3, -0.25) is 0 Å². The number of rotatable bonds is 7. The molecule has 1 aliphatic carbocycles. The van der Waals surface area contributed by atoms with Gasteiger partial charge in [-0.15, -0.1) is 0 Å². The molecular weight excluding hydrogens is 222 g/mol. The lowest BCUT2D eigenvalue weighted by Crippen LogP contribution is -2.39. The third-order valence-corrected chi connectivity index (χ3v) is 4.41. The Morgan fingerprint density at radius 1 is 1.22 bits per heavy atom. The number of likely N-dealkylation sites (N-methyl/N-ethyl adjacent to an activating group) is 1. The molecule has 0 heterocycles. The van der Waals surface area contributed by atoms with Crippen LogP contribution in [0.5, 0.6) is 0 Å². The fraction of sp³-hybridized carbons (Fsp3) is 1.00. The van der Waals surface area contributed by atoms with Crippen LogP contribution in [0.4, 0.5) is 0 Å². The maximum absolute atomic E-state index is 6.42. The highest BCUT2D eigenvalue weighted by molar-refractivity contribution is 4.82. The molecule has 4 atom stereocenters. The number of hydrogen-bond acceptors (Lipinski definition) is 2. The van der Waals surface area contributed by atoms with Crippen LogP contribution in [0.3, 0.4) is 0 Å². The van der Waals surface area contributed by atoms with E-state index >= 15 is 0 Å². The summed E-state index contributed by atoms with van der Waals surface area (Å²) in [6, 6.07) is 0. The number of nitrogens with one attached hydrogen (secondary N) is 1. The van der Waals surface area contributed by atoms with E-state index in [9.17, 15) is 0 Å². The van der Waals surface area contributed by atoms with Gasteiger partial charge in [0.1, 0.15) is 0 Å². The molecule has 0 spiro atoms. The molecule has 0 bridgehead atoms. The lowest BCUT2D eigenvalue weighted by atomic mass is 9.75. The van der Waals surface area contributed by atoms with Gasteiger partial charge in [-0.1, -0.05) is 41.0 Å². The van der Waals surface area contributed by atoms with Crippen LogP contribution in [-0.4, -0.2) is 25.3 Å². The van der Waals surface area contributed by atoms with E-state index in [4.69, 9.17) is 4.74 Å². The molecule has 1 fully saturated rings. The summed E-state index contributed by atoms with van der Waals surface area (Å²) in [6.45, 7) is 13.5. The summed E-state index contributed by atoms with van der Waals surface area (Å²) in [5.41, 5.74) is 0. The van der Waals surface area contributed by atoms with Crippen LogP contribution < -0.4 is 5.32 Å². The van der Waals surface area contributed by atoms with Crippen LogP contribution in [0.1, 0.15) is 60.3 Å². The molecule has 0 aromatic rings. The first-order valence-electron chi connectivity index (χ1n) is 7.94. The zero-order valence-electron chi connectivity index (χ0n) is 13.0. The number of hydrogen-bond donors (Lipinski definition) is 1. The monoisotopic (exact) mass is 255 g/mol. The predicted octanol–water partition coefficient (Wildman–Crippen LogP) is 3.85. The summed E-state index contributed by atoms with van der Waals surface area (Å²) < 4.78 is 6.42. The zero-order chi connectivity index (χ0) is 13.5. The van der Waals surface area contributed by atoms with Crippen molar-refractivity contribution >= 4 is 0 Å². The zero-order valence-corrected chi connectivity index (χ0v) is 13.0. The van der Waals surface area contributed by atoms with Crippen molar-refractivity contribution in [2.45, 2.75) is 72.5 Å². The van der Waals surface area contributed by atoms with Crippen LogP contribution in [0, 0.1) is 17.8 Å². The molecule has 1 rings (SSSR count). The van der Waals surface area contributed by atoms with Gasteiger partial charge in [0.15, 0.2) is 0 Å². The molecular formula is C16H33NO. The van der Waals surface area contributed by atoms with Gasteiger partial charge in [-0.2, -0.15) is 0 Å². The topological polar surface area (TPSA) is 21.3 Å². The van der Waals surface area contributed by atoms with Gasteiger partial charge in [0, 0.05) is 6.54 Å². The van der Waals surface area contributed by atoms with Gasteiger partial charge in [0.05, 0.1) is 12.2 Å². The van der Waals surface area contributed by atoms with Crippen LogP contribution in [0.2, 0.25) is 0 Å². The first-order valence-corrected chi connectivity index (χ1v) is 7.94. The summed E-state index contributed by atoms with van der Waals surface area (Å²) in [6.07, 6.45) is 5.97. The summed E-state index contributed by atoms with van der Waals surface area (Å²) in [5, 5.41) is 3.42. The first kappa shape index (κ1) is 16.0. The maximum atomic E-state index is 6.42. The maximum Gasteiger partial charge on any atom is 0.0700 e. The van der Waals surface area contributed by atoms with Crippen LogP contribution >= 0.6 is 0 Å². The average molecular weight is 255 g/mol. The quantitative estimate of drug-likeness (QED) is 0.746. The molecule has 1 N–H and O–H groups in total. The van der Waals surface area contributed by atoms with E-state index in [0.717, 1.165) is 37.3 Å². The second-order valence-corrected chi connectivity index (χ2v) is 6.34. The molecule has 0 aromatic heterocycles. The van der Waals surface area contributed by atoms with Gasteiger partial charge in [-0.25, -0.2) is 0 Å². The lowest BCUT2D eigenvalue weighted by molar-refractivity contribution is -0.0799. The van der Waals surface area contributed by atoms with Gasteiger partial charge < -0.3 is 10.1 Å². The second-order valence-electron chi connectivity index (χ2n) is 6.34.